The Hall–Kier alpha value is -1.85. The molecule has 0 saturated heterocycles. The van der Waals surface area contributed by atoms with Gasteiger partial charge in [0.2, 0.25) is 5.91 Å². The molecule has 3 N–H and O–H groups in total. The van der Waals surface area contributed by atoms with Crippen molar-refractivity contribution in [3.63, 3.8) is 0 Å². The van der Waals surface area contributed by atoms with E-state index in [-0.39, 0.29) is 18.9 Å². The topological polar surface area (TPSA) is 95.1 Å². The molecule has 1 heterocycles. The molecule has 1 fully saturated rings. The molecule has 0 aromatic carbocycles. The summed E-state index contributed by atoms with van der Waals surface area (Å²) in [6.45, 7) is 3.93. The van der Waals surface area contributed by atoms with Crippen molar-refractivity contribution < 1.29 is 14.7 Å². The van der Waals surface area contributed by atoms with Gasteiger partial charge in [-0.05, 0) is 26.7 Å². The van der Waals surface area contributed by atoms with Crippen LogP contribution in [0.1, 0.15) is 36.2 Å². The third-order valence-corrected chi connectivity index (χ3v) is 4.01. The zero-order chi connectivity index (χ0) is 14.0. The van der Waals surface area contributed by atoms with Gasteiger partial charge in [-0.15, -0.1) is 0 Å². The summed E-state index contributed by atoms with van der Waals surface area (Å²) in [4.78, 5) is 23.1. The second-order valence-electron chi connectivity index (χ2n) is 5.31. The predicted molar refractivity (Wildman–Crippen MR) is 68.7 cm³/mol. The number of aromatic amines is 1. The number of carbonyl (C=O) groups is 2. The van der Waals surface area contributed by atoms with Crippen molar-refractivity contribution in [3.8, 4) is 0 Å². The minimum absolute atomic E-state index is 0.153. The van der Waals surface area contributed by atoms with Crippen LogP contribution in [0.3, 0.4) is 0 Å². The fourth-order valence-corrected chi connectivity index (χ4v) is 2.40. The molecule has 1 saturated carbocycles. The lowest BCUT2D eigenvalue weighted by atomic mass is 9.69. The van der Waals surface area contributed by atoms with Gasteiger partial charge in [0.15, 0.2) is 0 Å². The average Bonchev–Trinajstić information content (AvgIpc) is 2.59. The zero-order valence-corrected chi connectivity index (χ0v) is 11.2. The minimum Gasteiger partial charge on any atom is -0.481 e. The van der Waals surface area contributed by atoms with Gasteiger partial charge in [-0.3, -0.25) is 14.7 Å². The number of carbonyl (C=O) groups excluding carboxylic acids is 1. The third-order valence-electron chi connectivity index (χ3n) is 4.01. The van der Waals surface area contributed by atoms with Gasteiger partial charge in [-0.25, -0.2) is 0 Å². The molecule has 1 aromatic rings. The highest BCUT2D eigenvalue weighted by Gasteiger charge is 2.44. The molecule has 6 heteroatoms. The first-order valence-electron chi connectivity index (χ1n) is 6.45. The summed E-state index contributed by atoms with van der Waals surface area (Å²) in [7, 11) is 0. The van der Waals surface area contributed by atoms with Crippen LogP contribution in [0, 0.1) is 19.3 Å². The van der Waals surface area contributed by atoms with Crippen LogP contribution in [0.2, 0.25) is 0 Å². The average molecular weight is 265 g/mol. The summed E-state index contributed by atoms with van der Waals surface area (Å²) < 4.78 is 0. The minimum atomic E-state index is -0.810. The highest BCUT2D eigenvalue weighted by atomic mass is 16.4. The number of carboxylic acids is 1. The van der Waals surface area contributed by atoms with Crippen molar-refractivity contribution in [1.82, 2.24) is 15.5 Å². The molecule has 104 valence electrons. The van der Waals surface area contributed by atoms with Gasteiger partial charge < -0.3 is 10.4 Å². The van der Waals surface area contributed by atoms with E-state index in [2.05, 4.69) is 15.5 Å². The fraction of sp³-hybridized carbons (Fsp3) is 0.615. The van der Waals surface area contributed by atoms with Gasteiger partial charge in [0, 0.05) is 17.8 Å². The van der Waals surface area contributed by atoms with Crippen LogP contribution in [0.25, 0.3) is 0 Å². The smallest absolute Gasteiger partial charge is 0.311 e. The maximum absolute atomic E-state index is 11.9. The van der Waals surface area contributed by atoms with E-state index < -0.39 is 11.4 Å². The van der Waals surface area contributed by atoms with Gasteiger partial charge in [0.05, 0.1) is 17.5 Å². The maximum Gasteiger partial charge on any atom is 0.311 e. The molecular formula is C13H19N3O3. The summed E-state index contributed by atoms with van der Waals surface area (Å²) in [5, 5.41) is 18.8. The van der Waals surface area contributed by atoms with Crippen LogP contribution in [0.5, 0.6) is 0 Å². The Balaban J connectivity index is 1.90. The molecule has 0 aliphatic heterocycles. The Labute approximate surface area is 111 Å². The van der Waals surface area contributed by atoms with Crippen molar-refractivity contribution in [2.45, 2.75) is 39.5 Å². The Morgan fingerprint density at radius 2 is 2.11 bits per heavy atom. The lowest BCUT2D eigenvalue weighted by Gasteiger charge is -2.37. The first kappa shape index (κ1) is 13.6. The second-order valence-corrected chi connectivity index (χ2v) is 5.31. The Kier molecular flexibility index (Phi) is 3.59. The number of hydrogen-bond donors (Lipinski definition) is 3. The molecule has 0 atom stereocenters. The predicted octanol–water partition coefficient (Wildman–Crippen LogP) is 0.940. The molecule has 6 nitrogen and oxygen atoms in total. The van der Waals surface area contributed by atoms with Gasteiger partial charge in [-0.2, -0.15) is 5.10 Å². The Morgan fingerprint density at radius 3 is 2.53 bits per heavy atom. The highest BCUT2D eigenvalue weighted by molar-refractivity contribution is 5.81. The number of carboxylic acid groups (broad SMARTS) is 1. The van der Waals surface area contributed by atoms with Crippen LogP contribution in [0.4, 0.5) is 0 Å². The van der Waals surface area contributed by atoms with E-state index in [0.29, 0.717) is 12.8 Å². The number of hydrogen-bond acceptors (Lipinski definition) is 3. The molecule has 2 rings (SSSR count). The first-order chi connectivity index (χ1) is 8.94. The summed E-state index contributed by atoms with van der Waals surface area (Å²) in [6.07, 6.45) is 2.45. The van der Waals surface area contributed by atoms with Crippen molar-refractivity contribution in [2.24, 2.45) is 5.41 Å². The number of nitrogens with one attached hydrogen (secondary N) is 2. The largest absolute Gasteiger partial charge is 0.481 e. The first-order valence-corrected chi connectivity index (χ1v) is 6.45. The van der Waals surface area contributed by atoms with E-state index in [0.717, 1.165) is 23.4 Å². The molecular weight excluding hydrogens is 246 g/mol. The second kappa shape index (κ2) is 5.03. The quantitative estimate of drug-likeness (QED) is 0.738. The van der Waals surface area contributed by atoms with Gasteiger partial charge in [0.1, 0.15) is 0 Å². The maximum atomic E-state index is 11.9. The Bertz CT molecular complexity index is 484. The van der Waals surface area contributed by atoms with Crippen molar-refractivity contribution in [1.29, 1.82) is 0 Å². The molecule has 0 spiro atoms. The van der Waals surface area contributed by atoms with E-state index in [9.17, 15) is 14.7 Å². The number of aromatic nitrogens is 2. The number of nitrogens with zero attached hydrogens (tertiary/aromatic N) is 1. The number of aliphatic carboxylic acids is 1. The molecule has 0 radical (unpaired) electrons. The van der Waals surface area contributed by atoms with Crippen molar-refractivity contribution in [3.05, 3.63) is 17.0 Å². The monoisotopic (exact) mass is 265 g/mol. The van der Waals surface area contributed by atoms with Gasteiger partial charge in [-0.1, -0.05) is 6.42 Å². The van der Waals surface area contributed by atoms with E-state index in [1.165, 1.54) is 0 Å². The van der Waals surface area contributed by atoms with Gasteiger partial charge in [0.25, 0.3) is 0 Å². The molecule has 0 bridgehead atoms. The van der Waals surface area contributed by atoms with Crippen LogP contribution >= 0.6 is 0 Å². The number of aryl methyl sites for hydroxylation is 2. The third kappa shape index (κ3) is 2.62. The van der Waals surface area contributed by atoms with Crippen LogP contribution in [-0.4, -0.2) is 33.7 Å². The standard InChI is InChI=1S/C13H19N3O3/c1-8-10(9(2)16-15-8)6-11(17)14-7-13(12(18)19)4-3-5-13/h3-7H2,1-2H3,(H,14,17)(H,15,16)(H,18,19). The van der Waals surface area contributed by atoms with Gasteiger partial charge >= 0.3 is 5.97 Å². The zero-order valence-electron chi connectivity index (χ0n) is 11.2. The van der Waals surface area contributed by atoms with Crippen LogP contribution < -0.4 is 5.32 Å². The Morgan fingerprint density at radius 1 is 1.42 bits per heavy atom. The van der Waals surface area contributed by atoms with E-state index in [4.69, 9.17) is 0 Å². The van der Waals surface area contributed by atoms with Crippen molar-refractivity contribution in [2.75, 3.05) is 6.54 Å². The number of H-pyrrole nitrogens is 1. The lowest BCUT2D eigenvalue weighted by molar-refractivity contribution is -0.154. The number of rotatable bonds is 5. The van der Waals surface area contributed by atoms with Crippen molar-refractivity contribution >= 4 is 11.9 Å². The number of amides is 1. The van der Waals surface area contributed by atoms with Crippen LogP contribution in [-0.2, 0) is 16.0 Å². The summed E-state index contributed by atoms with van der Waals surface area (Å²) in [5.74, 6) is -0.963. The molecule has 1 aliphatic rings. The van der Waals surface area contributed by atoms with E-state index in [1.807, 2.05) is 13.8 Å². The molecule has 1 aromatic heterocycles. The van der Waals surface area contributed by atoms with E-state index >= 15 is 0 Å². The fourth-order valence-electron chi connectivity index (χ4n) is 2.40. The summed E-state index contributed by atoms with van der Waals surface area (Å²) >= 11 is 0. The van der Waals surface area contributed by atoms with E-state index in [1.54, 1.807) is 0 Å². The normalized spacial score (nSPS) is 16.7. The molecule has 0 unspecified atom stereocenters. The summed E-state index contributed by atoms with van der Waals surface area (Å²) in [5.41, 5.74) is 1.83. The van der Waals surface area contributed by atoms with Crippen LogP contribution in [0.15, 0.2) is 0 Å². The lowest BCUT2D eigenvalue weighted by Crippen LogP contribution is -2.47. The SMILES string of the molecule is Cc1n[nH]c(C)c1CC(=O)NCC1(C(=O)O)CCC1. The highest BCUT2D eigenvalue weighted by Crippen LogP contribution is 2.40. The molecule has 19 heavy (non-hydrogen) atoms. The molecule has 1 amide bonds. The molecule has 1 aliphatic carbocycles. The summed E-state index contributed by atoms with van der Waals surface area (Å²) in [6, 6.07) is 0.